The summed E-state index contributed by atoms with van der Waals surface area (Å²) < 4.78 is 0. The minimum absolute atomic E-state index is 1.15. The molecule has 0 amide bonds. The summed E-state index contributed by atoms with van der Waals surface area (Å²) in [6.07, 6.45) is 3.70. The van der Waals surface area contributed by atoms with Crippen molar-refractivity contribution >= 4 is 21.8 Å². The highest BCUT2D eigenvalue weighted by Gasteiger charge is 2.00. The van der Waals surface area contributed by atoms with Gasteiger partial charge in [0.1, 0.15) is 0 Å². The maximum absolute atomic E-state index is 4.12. The fourth-order valence-electron chi connectivity index (χ4n) is 1.69. The summed E-state index contributed by atoms with van der Waals surface area (Å²) in [5.74, 6) is 0. The van der Waals surface area contributed by atoms with Gasteiger partial charge < -0.3 is 4.98 Å². The quantitative estimate of drug-likeness (QED) is 0.585. The fourth-order valence-corrected chi connectivity index (χ4v) is 1.69. The van der Waals surface area contributed by atoms with E-state index in [1.807, 2.05) is 38.2 Å². The van der Waals surface area contributed by atoms with Gasteiger partial charge >= 0.3 is 0 Å². The van der Waals surface area contributed by atoms with E-state index in [4.69, 9.17) is 0 Å². The van der Waals surface area contributed by atoms with Gasteiger partial charge in [0.05, 0.1) is 0 Å². The Morgan fingerprint density at radius 3 is 2.53 bits per heavy atom. The first kappa shape index (κ1) is 9.71. The molecule has 2 heteroatoms. The Morgan fingerprint density at radius 2 is 1.67 bits per heavy atom. The fraction of sp³-hybridized carbons (Fsp3) is 0.154. The molecule has 3 rings (SSSR count). The number of rotatable bonds is 0. The lowest BCUT2D eigenvalue weighted by Gasteiger charge is -1.87. The molecule has 2 heterocycles. The predicted octanol–water partition coefficient (Wildman–Crippen LogP) is 3.74. The SMILES string of the molecule is CC.c1ccc2c(c1)[nH]c1ccncc12. The number of nitrogens with one attached hydrogen (secondary N) is 1. The second kappa shape index (κ2) is 4.13. The Labute approximate surface area is 89.0 Å². The molecule has 0 radical (unpaired) electrons. The molecule has 3 aromatic rings. The van der Waals surface area contributed by atoms with Gasteiger partial charge in [0.2, 0.25) is 0 Å². The minimum atomic E-state index is 1.15. The van der Waals surface area contributed by atoms with E-state index < -0.39 is 0 Å². The average molecular weight is 198 g/mol. The third-order valence-electron chi connectivity index (χ3n) is 2.31. The van der Waals surface area contributed by atoms with Crippen LogP contribution in [-0.2, 0) is 0 Å². The van der Waals surface area contributed by atoms with Crippen LogP contribution >= 0.6 is 0 Å². The third kappa shape index (κ3) is 1.59. The zero-order chi connectivity index (χ0) is 10.7. The summed E-state index contributed by atoms with van der Waals surface area (Å²) in [6, 6.07) is 10.3. The van der Waals surface area contributed by atoms with Gasteiger partial charge in [-0.2, -0.15) is 0 Å². The topological polar surface area (TPSA) is 28.7 Å². The number of H-pyrrole nitrogens is 1. The molecular weight excluding hydrogens is 184 g/mol. The molecule has 2 aromatic heterocycles. The van der Waals surface area contributed by atoms with Crippen LogP contribution in [0.3, 0.4) is 0 Å². The largest absolute Gasteiger partial charge is 0.354 e. The highest BCUT2D eigenvalue weighted by Crippen LogP contribution is 2.23. The number of hydrogen-bond donors (Lipinski definition) is 1. The molecule has 76 valence electrons. The van der Waals surface area contributed by atoms with E-state index in [9.17, 15) is 0 Å². The van der Waals surface area contributed by atoms with Crippen LogP contribution in [-0.4, -0.2) is 9.97 Å². The Kier molecular flexibility index (Phi) is 2.68. The van der Waals surface area contributed by atoms with Crippen LogP contribution < -0.4 is 0 Å². The summed E-state index contributed by atoms with van der Waals surface area (Å²) in [7, 11) is 0. The van der Waals surface area contributed by atoms with E-state index in [1.54, 1.807) is 6.20 Å². The molecule has 0 fully saturated rings. The molecule has 0 aliphatic heterocycles. The molecule has 0 atom stereocenters. The minimum Gasteiger partial charge on any atom is -0.354 e. The van der Waals surface area contributed by atoms with E-state index in [1.165, 1.54) is 16.3 Å². The van der Waals surface area contributed by atoms with E-state index in [2.05, 4.69) is 22.1 Å². The van der Waals surface area contributed by atoms with Crippen LogP contribution in [0.1, 0.15) is 13.8 Å². The Hall–Kier alpha value is -1.83. The number of para-hydroxylation sites is 1. The van der Waals surface area contributed by atoms with E-state index in [-0.39, 0.29) is 0 Å². The van der Waals surface area contributed by atoms with Crippen molar-refractivity contribution in [3.63, 3.8) is 0 Å². The van der Waals surface area contributed by atoms with Crippen LogP contribution in [0, 0.1) is 0 Å². The van der Waals surface area contributed by atoms with Crippen molar-refractivity contribution < 1.29 is 0 Å². The van der Waals surface area contributed by atoms with Crippen molar-refractivity contribution in [2.45, 2.75) is 13.8 Å². The van der Waals surface area contributed by atoms with Crippen molar-refractivity contribution in [2.24, 2.45) is 0 Å². The van der Waals surface area contributed by atoms with E-state index in [0.29, 0.717) is 0 Å². The number of pyridine rings is 1. The smallest absolute Gasteiger partial charge is 0.0495 e. The van der Waals surface area contributed by atoms with Crippen LogP contribution in [0.4, 0.5) is 0 Å². The molecule has 0 aliphatic carbocycles. The van der Waals surface area contributed by atoms with Gasteiger partial charge in [-0.25, -0.2) is 0 Å². The van der Waals surface area contributed by atoms with Gasteiger partial charge in [0.15, 0.2) is 0 Å². The molecule has 0 aliphatic rings. The lowest BCUT2D eigenvalue weighted by Crippen LogP contribution is -1.68. The number of aromatic amines is 1. The molecule has 0 bridgehead atoms. The molecule has 0 spiro atoms. The Bertz CT molecular complexity index is 516. The normalized spacial score (nSPS) is 10.0. The molecule has 2 nitrogen and oxygen atoms in total. The summed E-state index contributed by atoms with van der Waals surface area (Å²) in [6.45, 7) is 4.00. The molecule has 0 saturated carbocycles. The van der Waals surface area contributed by atoms with Gasteiger partial charge in [0, 0.05) is 34.2 Å². The first-order valence-electron chi connectivity index (χ1n) is 5.25. The molecule has 0 saturated heterocycles. The molecule has 1 N–H and O–H groups in total. The van der Waals surface area contributed by atoms with Gasteiger partial charge in [-0.1, -0.05) is 32.0 Å². The van der Waals surface area contributed by atoms with Gasteiger partial charge in [-0.15, -0.1) is 0 Å². The number of nitrogens with zero attached hydrogens (tertiary/aromatic N) is 1. The predicted molar refractivity (Wildman–Crippen MR) is 64.9 cm³/mol. The highest BCUT2D eigenvalue weighted by molar-refractivity contribution is 6.06. The lowest BCUT2D eigenvalue weighted by atomic mass is 10.2. The monoisotopic (exact) mass is 198 g/mol. The Morgan fingerprint density at radius 1 is 0.933 bits per heavy atom. The summed E-state index contributed by atoms with van der Waals surface area (Å²) >= 11 is 0. The highest BCUT2D eigenvalue weighted by atomic mass is 14.7. The number of benzene rings is 1. The van der Waals surface area contributed by atoms with E-state index >= 15 is 0 Å². The Balaban J connectivity index is 0.000000404. The standard InChI is InChI=1S/C11H8N2.C2H6/c1-2-4-10-8(3-1)9-7-12-6-5-11(9)13-10;1-2/h1-7,13H;1-2H3. The number of aromatic nitrogens is 2. The first-order valence-corrected chi connectivity index (χ1v) is 5.25. The zero-order valence-electron chi connectivity index (χ0n) is 8.99. The maximum atomic E-state index is 4.12. The van der Waals surface area contributed by atoms with Crippen LogP contribution in [0.5, 0.6) is 0 Å². The van der Waals surface area contributed by atoms with Crippen molar-refractivity contribution in [3.8, 4) is 0 Å². The van der Waals surface area contributed by atoms with Crippen molar-refractivity contribution in [3.05, 3.63) is 42.7 Å². The van der Waals surface area contributed by atoms with Crippen LogP contribution in [0.25, 0.3) is 21.8 Å². The van der Waals surface area contributed by atoms with Crippen LogP contribution in [0.15, 0.2) is 42.7 Å². The molecular formula is C13H14N2. The number of fused-ring (bicyclic) bond motifs is 3. The number of hydrogen-bond acceptors (Lipinski definition) is 1. The lowest BCUT2D eigenvalue weighted by molar-refractivity contribution is 1.36. The van der Waals surface area contributed by atoms with Gasteiger partial charge in [-0.05, 0) is 12.1 Å². The first-order chi connectivity index (χ1) is 7.45. The third-order valence-corrected chi connectivity index (χ3v) is 2.31. The molecule has 0 unspecified atom stereocenters. The van der Waals surface area contributed by atoms with Crippen molar-refractivity contribution in [1.82, 2.24) is 9.97 Å². The second-order valence-electron chi connectivity index (χ2n) is 3.09. The van der Waals surface area contributed by atoms with Crippen LogP contribution in [0.2, 0.25) is 0 Å². The maximum Gasteiger partial charge on any atom is 0.0495 e. The van der Waals surface area contributed by atoms with Crippen molar-refractivity contribution in [2.75, 3.05) is 0 Å². The second-order valence-corrected chi connectivity index (χ2v) is 3.09. The van der Waals surface area contributed by atoms with Gasteiger partial charge in [-0.3, -0.25) is 4.98 Å². The summed E-state index contributed by atoms with van der Waals surface area (Å²) in [5.41, 5.74) is 2.32. The zero-order valence-corrected chi connectivity index (χ0v) is 8.99. The molecule has 15 heavy (non-hydrogen) atoms. The van der Waals surface area contributed by atoms with Gasteiger partial charge in [0.25, 0.3) is 0 Å². The van der Waals surface area contributed by atoms with E-state index in [0.717, 1.165) is 5.52 Å². The summed E-state index contributed by atoms with van der Waals surface area (Å²) in [5, 5.41) is 2.43. The molecule has 1 aromatic carbocycles. The average Bonchev–Trinajstić information content (AvgIpc) is 2.70. The summed E-state index contributed by atoms with van der Waals surface area (Å²) in [4.78, 5) is 7.45. The van der Waals surface area contributed by atoms with Crippen molar-refractivity contribution in [1.29, 1.82) is 0 Å².